The molecule has 3 amide bonds. The van der Waals surface area contributed by atoms with Crippen LogP contribution in [-0.2, 0) is 11.3 Å². The summed E-state index contributed by atoms with van der Waals surface area (Å²) in [6.07, 6.45) is 1.95. The van der Waals surface area contributed by atoms with Gasteiger partial charge in [0.1, 0.15) is 0 Å². The van der Waals surface area contributed by atoms with Crippen LogP contribution < -0.4 is 15.5 Å². The maximum atomic E-state index is 12.9. The molecule has 28 heavy (non-hydrogen) atoms. The molecule has 1 fully saturated rings. The van der Waals surface area contributed by atoms with Crippen molar-refractivity contribution in [2.45, 2.75) is 66.1 Å². The maximum absolute atomic E-state index is 12.9. The summed E-state index contributed by atoms with van der Waals surface area (Å²) in [5.41, 5.74) is 2.85. The van der Waals surface area contributed by atoms with Crippen LogP contribution in [0.5, 0.6) is 0 Å². The van der Waals surface area contributed by atoms with Crippen LogP contribution in [-0.4, -0.2) is 43.0 Å². The number of hydrogen-bond acceptors (Lipinski definition) is 3. The monoisotopic (exact) mass is 388 g/mol. The van der Waals surface area contributed by atoms with E-state index in [0.717, 1.165) is 29.8 Å². The molecule has 6 nitrogen and oxygen atoms in total. The Hall–Kier alpha value is -2.24. The molecule has 1 aromatic rings. The van der Waals surface area contributed by atoms with Crippen molar-refractivity contribution in [3.63, 3.8) is 0 Å². The van der Waals surface area contributed by atoms with Gasteiger partial charge in [-0.1, -0.05) is 13.8 Å². The fourth-order valence-electron chi connectivity index (χ4n) is 3.09. The highest BCUT2D eigenvalue weighted by molar-refractivity contribution is 5.94. The smallest absolute Gasteiger partial charge is 0.318 e. The molecule has 0 heterocycles. The second-order valence-corrected chi connectivity index (χ2v) is 8.72. The van der Waals surface area contributed by atoms with Gasteiger partial charge in [-0.15, -0.1) is 0 Å². The van der Waals surface area contributed by atoms with Crippen LogP contribution >= 0.6 is 0 Å². The SMILES string of the molecule is CC(C)NC(=O)N(Cc1cc(NC(=O)C2CC2)ccc1N(C)C)C(C)C(C)C. The molecule has 1 atom stereocenters. The fourth-order valence-corrected chi connectivity index (χ4v) is 3.09. The van der Waals surface area contributed by atoms with E-state index in [9.17, 15) is 9.59 Å². The molecule has 0 aromatic heterocycles. The largest absolute Gasteiger partial charge is 0.377 e. The quantitative estimate of drug-likeness (QED) is 0.706. The molecule has 0 saturated heterocycles. The number of rotatable bonds is 8. The predicted octanol–water partition coefficient (Wildman–Crippen LogP) is 4.07. The number of carbonyl (C=O) groups excluding carboxylic acids is 2. The predicted molar refractivity (Wildman–Crippen MR) is 116 cm³/mol. The summed E-state index contributed by atoms with van der Waals surface area (Å²) in [7, 11) is 3.98. The van der Waals surface area contributed by atoms with E-state index < -0.39 is 0 Å². The molecule has 0 radical (unpaired) electrons. The third-order valence-electron chi connectivity index (χ3n) is 5.25. The summed E-state index contributed by atoms with van der Waals surface area (Å²) in [6.45, 7) is 10.8. The van der Waals surface area contributed by atoms with E-state index >= 15 is 0 Å². The third-order valence-corrected chi connectivity index (χ3v) is 5.25. The summed E-state index contributed by atoms with van der Waals surface area (Å²) < 4.78 is 0. The lowest BCUT2D eigenvalue weighted by atomic mass is 10.0. The number of benzene rings is 1. The Morgan fingerprint density at radius 2 is 1.75 bits per heavy atom. The van der Waals surface area contributed by atoms with Crippen molar-refractivity contribution >= 4 is 23.3 Å². The molecule has 0 aliphatic heterocycles. The van der Waals surface area contributed by atoms with Gasteiger partial charge >= 0.3 is 6.03 Å². The molecule has 1 aliphatic carbocycles. The minimum absolute atomic E-state index is 0.0617. The van der Waals surface area contributed by atoms with Crippen molar-refractivity contribution in [1.82, 2.24) is 10.2 Å². The first kappa shape index (κ1) is 22.1. The lowest BCUT2D eigenvalue weighted by Gasteiger charge is -2.34. The summed E-state index contributed by atoms with van der Waals surface area (Å²) >= 11 is 0. The number of amides is 3. The van der Waals surface area contributed by atoms with Crippen molar-refractivity contribution in [3.05, 3.63) is 23.8 Å². The van der Waals surface area contributed by atoms with E-state index in [-0.39, 0.29) is 29.9 Å². The molecule has 6 heteroatoms. The average molecular weight is 389 g/mol. The minimum Gasteiger partial charge on any atom is -0.377 e. The van der Waals surface area contributed by atoms with Gasteiger partial charge in [-0.05, 0) is 63.3 Å². The topological polar surface area (TPSA) is 64.7 Å². The first-order valence-electron chi connectivity index (χ1n) is 10.3. The van der Waals surface area contributed by atoms with E-state index in [2.05, 4.69) is 31.4 Å². The third kappa shape index (κ3) is 5.88. The van der Waals surface area contributed by atoms with Gasteiger partial charge in [-0.25, -0.2) is 4.79 Å². The highest BCUT2D eigenvalue weighted by Gasteiger charge is 2.30. The van der Waals surface area contributed by atoms with Gasteiger partial charge in [0.25, 0.3) is 0 Å². The highest BCUT2D eigenvalue weighted by atomic mass is 16.2. The lowest BCUT2D eigenvalue weighted by molar-refractivity contribution is -0.117. The second kappa shape index (κ2) is 9.30. The van der Waals surface area contributed by atoms with Gasteiger partial charge in [0, 0.05) is 50.0 Å². The number of anilines is 2. The number of nitrogens with one attached hydrogen (secondary N) is 2. The van der Waals surface area contributed by atoms with Crippen molar-refractivity contribution in [3.8, 4) is 0 Å². The van der Waals surface area contributed by atoms with E-state index in [1.54, 1.807) is 0 Å². The number of urea groups is 1. The molecule has 1 aliphatic rings. The van der Waals surface area contributed by atoms with Crippen LogP contribution in [0.15, 0.2) is 18.2 Å². The van der Waals surface area contributed by atoms with E-state index in [0.29, 0.717) is 12.5 Å². The van der Waals surface area contributed by atoms with Gasteiger partial charge in [-0.3, -0.25) is 4.79 Å². The molecule has 156 valence electrons. The van der Waals surface area contributed by atoms with E-state index in [1.807, 2.05) is 55.9 Å². The summed E-state index contributed by atoms with van der Waals surface area (Å²) in [6, 6.07) is 6.04. The average Bonchev–Trinajstić information content (AvgIpc) is 3.43. The molecule has 0 spiro atoms. The first-order valence-corrected chi connectivity index (χ1v) is 10.3. The number of carbonyl (C=O) groups is 2. The number of hydrogen-bond donors (Lipinski definition) is 2. The molecule has 1 aromatic carbocycles. The lowest BCUT2D eigenvalue weighted by Crippen LogP contribution is -2.48. The first-order chi connectivity index (χ1) is 13.1. The van der Waals surface area contributed by atoms with Crippen LogP contribution in [0.3, 0.4) is 0 Å². The van der Waals surface area contributed by atoms with Crippen molar-refractivity contribution in [2.24, 2.45) is 11.8 Å². The van der Waals surface area contributed by atoms with Crippen molar-refractivity contribution in [1.29, 1.82) is 0 Å². The van der Waals surface area contributed by atoms with Crippen LogP contribution in [0.25, 0.3) is 0 Å². The Morgan fingerprint density at radius 3 is 2.25 bits per heavy atom. The minimum atomic E-state index is -0.0617. The zero-order valence-electron chi connectivity index (χ0n) is 18.4. The summed E-state index contributed by atoms with van der Waals surface area (Å²) in [5, 5.41) is 6.04. The van der Waals surface area contributed by atoms with Crippen molar-refractivity contribution < 1.29 is 9.59 Å². The molecule has 2 N–H and O–H groups in total. The maximum Gasteiger partial charge on any atom is 0.318 e. The van der Waals surface area contributed by atoms with E-state index in [4.69, 9.17) is 0 Å². The summed E-state index contributed by atoms with van der Waals surface area (Å²) in [4.78, 5) is 29.0. The molecular weight excluding hydrogens is 352 g/mol. The van der Waals surface area contributed by atoms with Crippen LogP contribution in [0.4, 0.5) is 16.2 Å². The van der Waals surface area contributed by atoms with E-state index in [1.165, 1.54) is 0 Å². The molecular formula is C22H36N4O2. The Bertz CT molecular complexity index is 696. The van der Waals surface area contributed by atoms with Gasteiger partial charge in [0.2, 0.25) is 5.91 Å². The highest BCUT2D eigenvalue weighted by Crippen LogP contribution is 2.31. The molecule has 0 bridgehead atoms. The van der Waals surface area contributed by atoms with Gasteiger partial charge in [0.15, 0.2) is 0 Å². The zero-order chi connectivity index (χ0) is 21.0. The van der Waals surface area contributed by atoms with Crippen LogP contribution in [0, 0.1) is 11.8 Å². The van der Waals surface area contributed by atoms with Crippen LogP contribution in [0.2, 0.25) is 0 Å². The normalized spacial score (nSPS) is 14.8. The van der Waals surface area contributed by atoms with Crippen LogP contribution in [0.1, 0.15) is 53.0 Å². The Kier molecular flexibility index (Phi) is 7.33. The Balaban J connectivity index is 2.31. The van der Waals surface area contributed by atoms with Gasteiger partial charge < -0.3 is 20.4 Å². The Morgan fingerprint density at radius 1 is 1.11 bits per heavy atom. The fraction of sp³-hybridized carbons (Fsp3) is 0.636. The van der Waals surface area contributed by atoms with Gasteiger partial charge in [0.05, 0.1) is 0 Å². The molecule has 2 rings (SSSR count). The Labute approximate surface area is 169 Å². The summed E-state index contributed by atoms with van der Waals surface area (Å²) in [5.74, 6) is 0.582. The standard InChI is InChI=1S/C22H36N4O2/c1-14(2)16(5)26(22(28)23-15(3)4)13-18-12-19(10-11-20(18)25(6)7)24-21(27)17-8-9-17/h10-12,14-17H,8-9,13H2,1-7H3,(H,23,28)(H,24,27). The molecule has 1 saturated carbocycles. The molecule has 1 unspecified atom stereocenters. The number of nitrogens with zero attached hydrogens (tertiary/aromatic N) is 2. The van der Waals surface area contributed by atoms with Gasteiger partial charge in [-0.2, -0.15) is 0 Å². The second-order valence-electron chi connectivity index (χ2n) is 8.72. The van der Waals surface area contributed by atoms with Crippen molar-refractivity contribution in [2.75, 3.05) is 24.3 Å². The zero-order valence-corrected chi connectivity index (χ0v) is 18.4.